The lowest BCUT2D eigenvalue weighted by Crippen LogP contribution is -2.28. The fraction of sp³-hybridized carbons (Fsp3) is 0.538. The quantitative estimate of drug-likeness (QED) is 0.874. The fourth-order valence-corrected chi connectivity index (χ4v) is 5.08. The van der Waals surface area contributed by atoms with Crippen molar-refractivity contribution in [3.63, 3.8) is 0 Å². The van der Waals surface area contributed by atoms with Crippen molar-refractivity contribution in [3.8, 4) is 0 Å². The normalized spacial score (nSPS) is 30.3. The number of nitrogens with two attached hydrogens (primary N) is 1. The number of hydrogen-bond donors (Lipinski definition) is 1. The van der Waals surface area contributed by atoms with Gasteiger partial charge in [-0.05, 0) is 17.7 Å². The molecule has 2 rings (SSSR count). The Morgan fingerprint density at radius 3 is 2.63 bits per heavy atom. The van der Waals surface area contributed by atoms with Gasteiger partial charge >= 0.3 is 0 Å². The minimum absolute atomic E-state index is 0.194. The summed E-state index contributed by atoms with van der Waals surface area (Å²) >= 11 is 0. The van der Waals surface area contributed by atoms with Crippen LogP contribution < -0.4 is 5.73 Å². The number of ether oxygens (including phenoxy) is 1. The van der Waals surface area contributed by atoms with Crippen LogP contribution in [0.1, 0.15) is 11.5 Å². The Balaban J connectivity index is 2.44. The average Bonchev–Trinajstić information content (AvgIpc) is 2.99. The highest BCUT2D eigenvalue weighted by atomic mass is 32.2. The maximum absolute atomic E-state index is 13.3. The molecule has 0 heterocycles. The summed E-state index contributed by atoms with van der Waals surface area (Å²) in [6.07, 6.45) is 1.19. The van der Waals surface area contributed by atoms with E-state index in [4.69, 9.17) is 10.5 Å². The van der Waals surface area contributed by atoms with Crippen molar-refractivity contribution >= 4 is 9.84 Å². The molecule has 3 atom stereocenters. The SMILES string of the molecule is COCC1(CN)C(c2cccc(F)c2)C1S(C)(=O)=O. The maximum atomic E-state index is 13.3. The van der Waals surface area contributed by atoms with Crippen molar-refractivity contribution in [2.24, 2.45) is 11.1 Å². The lowest BCUT2D eigenvalue weighted by molar-refractivity contribution is 0.142. The van der Waals surface area contributed by atoms with Crippen LogP contribution in [-0.2, 0) is 14.6 Å². The van der Waals surface area contributed by atoms with Crippen molar-refractivity contribution in [3.05, 3.63) is 35.6 Å². The van der Waals surface area contributed by atoms with Crippen LogP contribution in [0.4, 0.5) is 4.39 Å². The molecule has 3 unspecified atom stereocenters. The summed E-state index contributed by atoms with van der Waals surface area (Å²) in [5.41, 5.74) is 5.79. The molecule has 0 spiro atoms. The zero-order valence-electron chi connectivity index (χ0n) is 11.0. The molecule has 6 heteroatoms. The molecule has 106 valence electrons. The summed E-state index contributed by atoms with van der Waals surface area (Å²) in [6.45, 7) is 0.447. The molecule has 2 N–H and O–H groups in total. The van der Waals surface area contributed by atoms with Gasteiger partial charge in [-0.3, -0.25) is 0 Å². The number of sulfone groups is 1. The topological polar surface area (TPSA) is 69.4 Å². The molecule has 0 aliphatic heterocycles. The fourth-order valence-electron chi connectivity index (χ4n) is 3.08. The van der Waals surface area contributed by atoms with E-state index in [9.17, 15) is 12.8 Å². The smallest absolute Gasteiger partial charge is 0.151 e. The first kappa shape index (κ1) is 14.4. The molecule has 1 aliphatic rings. The molecule has 0 aromatic heterocycles. The number of methoxy groups -OCH3 is 1. The van der Waals surface area contributed by atoms with Crippen LogP contribution >= 0.6 is 0 Å². The standard InChI is InChI=1S/C13H18FNO3S/c1-18-8-13(7-15)11(12(13)19(2,16)17)9-4-3-5-10(14)6-9/h3-6,11-12H,7-8,15H2,1-2H3. The molecule has 19 heavy (non-hydrogen) atoms. The monoisotopic (exact) mass is 287 g/mol. The third-order valence-electron chi connectivity index (χ3n) is 3.84. The summed E-state index contributed by atoms with van der Waals surface area (Å²) in [6, 6.07) is 6.02. The Morgan fingerprint density at radius 1 is 1.47 bits per heavy atom. The van der Waals surface area contributed by atoms with Gasteiger partial charge in [-0.25, -0.2) is 12.8 Å². The van der Waals surface area contributed by atoms with Gasteiger partial charge in [-0.2, -0.15) is 0 Å². The first-order valence-electron chi connectivity index (χ1n) is 6.00. The molecule has 1 aromatic carbocycles. The van der Waals surface area contributed by atoms with Gasteiger partial charge in [0.15, 0.2) is 9.84 Å². The predicted octanol–water partition coefficient (Wildman–Crippen LogP) is 0.928. The number of halogens is 1. The van der Waals surface area contributed by atoms with Gasteiger partial charge in [0, 0.05) is 31.2 Å². The summed E-state index contributed by atoms with van der Waals surface area (Å²) in [5.74, 6) is -0.678. The summed E-state index contributed by atoms with van der Waals surface area (Å²) in [5, 5.41) is -0.605. The molecule has 0 bridgehead atoms. The number of benzene rings is 1. The Bertz CT molecular complexity index is 575. The van der Waals surface area contributed by atoms with Gasteiger partial charge < -0.3 is 10.5 Å². The third kappa shape index (κ3) is 2.40. The molecular weight excluding hydrogens is 269 g/mol. The Labute approximate surface area is 112 Å². The van der Waals surface area contributed by atoms with Crippen LogP contribution in [0.15, 0.2) is 24.3 Å². The molecule has 1 fully saturated rings. The Hall–Kier alpha value is -0.980. The van der Waals surface area contributed by atoms with Crippen molar-refractivity contribution in [2.45, 2.75) is 11.2 Å². The van der Waals surface area contributed by atoms with Gasteiger partial charge in [-0.1, -0.05) is 12.1 Å². The van der Waals surface area contributed by atoms with Crippen LogP contribution in [-0.4, -0.2) is 40.2 Å². The molecule has 1 aliphatic carbocycles. The van der Waals surface area contributed by atoms with Crippen molar-refractivity contribution in [1.82, 2.24) is 0 Å². The maximum Gasteiger partial charge on any atom is 0.151 e. The molecular formula is C13H18FNO3S. The Morgan fingerprint density at radius 2 is 2.16 bits per heavy atom. The number of hydrogen-bond acceptors (Lipinski definition) is 4. The molecule has 0 saturated heterocycles. The van der Waals surface area contributed by atoms with Gasteiger partial charge in [0.25, 0.3) is 0 Å². The average molecular weight is 287 g/mol. The summed E-state index contributed by atoms with van der Waals surface area (Å²) in [4.78, 5) is 0. The van der Waals surface area contributed by atoms with Crippen LogP contribution in [0.3, 0.4) is 0 Å². The van der Waals surface area contributed by atoms with E-state index >= 15 is 0 Å². The second-order valence-corrected chi connectivity index (χ2v) is 7.32. The van der Waals surface area contributed by atoms with Gasteiger partial charge in [-0.15, -0.1) is 0 Å². The molecule has 1 aromatic rings. The minimum atomic E-state index is -3.26. The second-order valence-electron chi connectivity index (χ2n) is 5.15. The van der Waals surface area contributed by atoms with E-state index in [0.29, 0.717) is 5.56 Å². The van der Waals surface area contributed by atoms with E-state index in [1.165, 1.54) is 25.5 Å². The molecule has 0 amide bonds. The lowest BCUT2D eigenvalue weighted by atomic mass is 10.00. The molecule has 4 nitrogen and oxygen atoms in total. The van der Waals surface area contributed by atoms with E-state index in [1.54, 1.807) is 12.1 Å². The zero-order valence-corrected chi connectivity index (χ0v) is 11.8. The molecule has 0 radical (unpaired) electrons. The van der Waals surface area contributed by atoms with Gasteiger partial charge in [0.1, 0.15) is 5.82 Å². The molecule has 1 saturated carbocycles. The van der Waals surface area contributed by atoms with E-state index in [1.807, 2.05) is 0 Å². The van der Waals surface area contributed by atoms with Crippen LogP contribution in [0.2, 0.25) is 0 Å². The highest BCUT2D eigenvalue weighted by Crippen LogP contribution is 2.62. The zero-order chi connectivity index (χ0) is 14.3. The van der Waals surface area contributed by atoms with Crippen molar-refractivity contribution in [1.29, 1.82) is 0 Å². The highest BCUT2D eigenvalue weighted by molar-refractivity contribution is 7.91. The van der Waals surface area contributed by atoms with Gasteiger partial charge in [0.2, 0.25) is 0 Å². The van der Waals surface area contributed by atoms with E-state index in [2.05, 4.69) is 0 Å². The number of rotatable bonds is 5. The Kier molecular flexibility index (Phi) is 3.68. The minimum Gasteiger partial charge on any atom is -0.384 e. The second kappa shape index (κ2) is 4.85. The van der Waals surface area contributed by atoms with Crippen molar-refractivity contribution < 1.29 is 17.5 Å². The van der Waals surface area contributed by atoms with Crippen molar-refractivity contribution in [2.75, 3.05) is 26.5 Å². The van der Waals surface area contributed by atoms with E-state index < -0.39 is 20.5 Å². The van der Waals surface area contributed by atoms with Crippen LogP contribution in [0, 0.1) is 11.2 Å². The van der Waals surface area contributed by atoms with E-state index in [-0.39, 0.29) is 24.9 Å². The lowest BCUT2D eigenvalue weighted by Gasteiger charge is -2.14. The first-order chi connectivity index (χ1) is 8.86. The largest absolute Gasteiger partial charge is 0.384 e. The summed E-state index contributed by atoms with van der Waals surface area (Å²) < 4.78 is 42.3. The van der Waals surface area contributed by atoms with E-state index in [0.717, 1.165) is 0 Å². The van der Waals surface area contributed by atoms with Crippen LogP contribution in [0.25, 0.3) is 0 Å². The first-order valence-corrected chi connectivity index (χ1v) is 7.95. The summed E-state index contributed by atoms with van der Waals surface area (Å²) in [7, 11) is -1.75. The van der Waals surface area contributed by atoms with Gasteiger partial charge in [0.05, 0.1) is 11.9 Å². The van der Waals surface area contributed by atoms with Crippen LogP contribution in [0.5, 0.6) is 0 Å². The predicted molar refractivity (Wildman–Crippen MR) is 71.1 cm³/mol. The third-order valence-corrected chi connectivity index (χ3v) is 5.51. The highest BCUT2D eigenvalue weighted by Gasteiger charge is 2.69.